The Morgan fingerprint density at radius 3 is 2.44 bits per heavy atom. The molecule has 2 heterocycles. The van der Waals surface area contributed by atoms with Crippen molar-refractivity contribution in [3.63, 3.8) is 0 Å². The lowest BCUT2D eigenvalue weighted by Gasteiger charge is -2.44. The summed E-state index contributed by atoms with van der Waals surface area (Å²) in [7, 11) is 0. The van der Waals surface area contributed by atoms with E-state index >= 15 is 0 Å². The highest BCUT2D eigenvalue weighted by atomic mass is 19.1. The Bertz CT molecular complexity index is 679. The number of amides is 1. The molecule has 146 valence electrons. The summed E-state index contributed by atoms with van der Waals surface area (Å²) in [5.74, 6) is 0.0989. The fourth-order valence-electron chi connectivity index (χ4n) is 4.67. The molecule has 0 unspecified atom stereocenters. The lowest BCUT2D eigenvalue weighted by atomic mass is 9.96. The number of halogens is 1. The fraction of sp³-hybridized carbons (Fsp3) is 0.591. The zero-order chi connectivity index (χ0) is 18.6. The summed E-state index contributed by atoms with van der Waals surface area (Å²) in [4.78, 5) is 19.8. The van der Waals surface area contributed by atoms with Crippen LogP contribution in [0.4, 0.5) is 10.1 Å². The second kappa shape index (κ2) is 8.42. The van der Waals surface area contributed by atoms with Gasteiger partial charge in [0.1, 0.15) is 5.82 Å². The maximum atomic E-state index is 13.1. The van der Waals surface area contributed by atoms with Gasteiger partial charge in [-0.2, -0.15) is 0 Å². The monoisotopic (exact) mass is 371 g/mol. The average Bonchev–Trinajstić information content (AvgIpc) is 2.75. The SMILES string of the molecule is O=C(C1=CCCCC1)N1CCC[C@@H](N2CCN(c3ccc(F)cc3)CC2)C1. The van der Waals surface area contributed by atoms with Crippen molar-refractivity contribution >= 4 is 11.6 Å². The van der Waals surface area contributed by atoms with Crippen LogP contribution in [-0.4, -0.2) is 61.0 Å². The van der Waals surface area contributed by atoms with E-state index in [9.17, 15) is 9.18 Å². The normalized spacial score (nSPS) is 24.6. The summed E-state index contributed by atoms with van der Waals surface area (Å²) in [5.41, 5.74) is 2.14. The van der Waals surface area contributed by atoms with E-state index in [1.807, 2.05) is 12.1 Å². The Morgan fingerprint density at radius 1 is 0.963 bits per heavy atom. The number of likely N-dealkylation sites (tertiary alicyclic amines) is 1. The fourth-order valence-corrected chi connectivity index (χ4v) is 4.67. The van der Waals surface area contributed by atoms with Gasteiger partial charge in [0.05, 0.1) is 0 Å². The predicted molar refractivity (Wildman–Crippen MR) is 106 cm³/mol. The average molecular weight is 372 g/mol. The Morgan fingerprint density at radius 2 is 1.74 bits per heavy atom. The number of anilines is 1. The molecular weight excluding hydrogens is 341 g/mol. The van der Waals surface area contributed by atoms with Crippen LogP contribution in [0.3, 0.4) is 0 Å². The van der Waals surface area contributed by atoms with E-state index in [4.69, 9.17) is 0 Å². The quantitative estimate of drug-likeness (QED) is 0.814. The van der Waals surface area contributed by atoms with Crippen molar-refractivity contribution in [1.29, 1.82) is 0 Å². The van der Waals surface area contributed by atoms with Crippen LogP contribution in [-0.2, 0) is 4.79 Å². The summed E-state index contributed by atoms with van der Waals surface area (Å²) in [6.07, 6.45) is 8.83. The number of piperidine rings is 1. The van der Waals surface area contributed by atoms with Gasteiger partial charge in [0.15, 0.2) is 0 Å². The number of carbonyl (C=O) groups is 1. The van der Waals surface area contributed by atoms with Gasteiger partial charge in [-0.1, -0.05) is 6.08 Å². The van der Waals surface area contributed by atoms with Crippen molar-refractivity contribution in [3.05, 3.63) is 41.7 Å². The van der Waals surface area contributed by atoms with E-state index in [0.29, 0.717) is 6.04 Å². The van der Waals surface area contributed by atoms with Crippen LogP contribution < -0.4 is 4.90 Å². The number of carbonyl (C=O) groups excluding carboxylic acids is 1. The minimum atomic E-state index is -0.183. The molecule has 1 aliphatic carbocycles. The maximum Gasteiger partial charge on any atom is 0.249 e. The zero-order valence-electron chi connectivity index (χ0n) is 16.1. The second-order valence-corrected chi connectivity index (χ2v) is 8.02. The lowest BCUT2D eigenvalue weighted by molar-refractivity contribution is -0.129. The van der Waals surface area contributed by atoms with E-state index in [0.717, 1.165) is 76.2 Å². The highest BCUT2D eigenvalue weighted by Crippen LogP contribution is 2.24. The lowest BCUT2D eigenvalue weighted by Crippen LogP contribution is -2.56. The molecule has 1 aromatic carbocycles. The van der Waals surface area contributed by atoms with Crippen molar-refractivity contribution in [1.82, 2.24) is 9.80 Å². The Hall–Kier alpha value is -1.88. The predicted octanol–water partition coefficient (Wildman–Crippen LogP) is 3.44. The minimum absolute atomic E-state index is 0.183. The summed E-state index contributed by atoms with van der Waals surface area (Å²) < 4.78 is 13.1. The van der Waals surface area contributed by atoms with Gasteiger partial charge >= 0.3 is 0 Å². The summed E-state index contributed by atoms with van der Waals surface area (Å²) >= 11 is 0. The number of benzene rings is 1. The smallest absolute Gasteiger partial charge is 0.249 e. The number of nitrogens with zero attached hydrogens (tertiary/aromatic N) is 3. The molecular formula is C22H30FN3O. The number of rotatable bonds is 3. The number of allylic oxidation sites excluding steroid dienone is 1. The molecule has 0 aromatic heterocycles. The molecule has 1 amide bonds. The molecule has 0 saturated carbocycles. The third kappa shape index (κ3) is 4.34. The van der Waals surface area contributed by atoms with Crippen molar-refractivity contribution in [3.8, 4) is 0 Å². The van der Waals surface area contributed by atoms with Gasteiger partial charge < -0.3 is 9.80 Å². The largest absolute Gasteiger partial charge is 0.369 e. The standard InChI is InChI=1S/C22H30FN3O/c23-19-8-10-20(11-9-19)24-13-15-25(16-14-24)21-7-4-12-26(17-21)22(27)18-5-2-1-3-6-18/h5,8-11,21H,1-4,6-7,12-17H2/t21-/m1/s1. The molecule has 0 radical (unpaired) electrons. The van der Waals surface area contributed by atoms with E-state index in [2.05, 4.69) is 20.8 Å². The Balaban J connectivity index is 1.32. The minimum Gasteiger partial charge on any atom is -0.369 e. The van der Waals surface area contributed by atoms with E-state index in [-0.39, 0.29) is 11.7 Å². The molecule has 27 heavy (non-hydrogen) atoms. The van der Waals surface area contributed by atoms with Gasteiger partial charge in [-0.25, -0.2) is 4.39 Å². The Labute approximate surface area is 161 Å². The first-order chi connectivity index (χ1) is 13.2. The number of hydrogen-bond acceptors (Lipinski definition) is 3. The van der Waals surface area contributed by atoms with Crippen LogP contribution in [0.15, 0.2) is 35.9 Å². The molecule has 4 rings (SSSR count). The van der Waals surface area contributed by atoms with Crippen LogP contribution in [0.5, 0.6) is 0 Å². The first-order valence-electron chi connectivity index (χ1n) is 10.4. The third-order valence-electron chi connectivity index (χ3n) is 6.27. The summed E-state index contributed by atoms with van der Waals surface area (Å²) in [6.45, 7) is 5.71. The molecule has 0 N–H and O–H groups in total. The van der Waals surface area contributed by atoms with Crippen molar-refractivity contribution in [2.75, 3.05) is 44.2 Å². The van der Waals surface area contributed by atoms with Crippen LogP contribution in [0.2, 0.25) is 0 Å². The third-order valence-corrected chi connectivity index (χ3v) is 6.27. The highest BCUT2D eigenvalue weighted by Gasteiger charge is 2.31. The molecule has 2 saturated heterocycles. The molecule has 3 aliphatic rings. The summed E-state index contributed by atoms with van der Waals surface area (Å²) in [6, 6.07) is 7.27. The molecule has 2 aliphatic heterocycles. The van der Waals surface area contributed by atoms with E-state index in [1.54, 1.807) is 0 Å². The van der Waals surface area contributed by atoms with Crippen LogP contribution in [0.1, 0.15) is 38.5 Å². The summed E-state index contributed by atoms with van der Waals surface area (Å²) in [5, 5.41) is 0. The van der Waals surface area contributed by atoms with Gasteiger partial charge in [-0.05, 0) is 62.8 Å². The maximum absolute atomic E-state index is 13.1. The second-order valence-electron chi connectivity index (χ2n) is 8.02. The van der Waals surface area contributed by atoms with Gasteiger partial charge in [-0.15, -0.1) is 0 Å². The number of hydrogen-bond donors (Lipinski definition) is 0. The number of piperazine rings is 1. The van der Waals surface area contributed by atoms with Gasteiger partial charge in [-0.3, -0.25) is 9.69 Å². The Kier molecular flexibility index (Phi) is 5.77. The molecule has 1 atom stereocenters. The van der Waals surface area contributed by atoms with Crippen molar-refractivity contribution < 1.29 is 9.18 Å². The van der Waals surface area contributed by atoms with E-state index in [1.165, 1.54) is 25.0 Å². The zero-order valence-corrected chi connectivity index (χ0v) is 16.1. The molecule has 4 nitrogen and oxygen atoms in total. The topological polar surface area (TPSA) is 26.8 Å². The molecule has 2 fully saturated rings. The molecule has 1 aromatic rings. The molecule has 0 spiro atoms. The first-order valence-corrected chi connectivity index (χ1v) is 10.4. The van der Waals surface area contributed by atoms with Crippen molar-refractivity contribution in [2.24, 2.45) is 0 Å². The van der Waals surface area contributed by atoms with Crippen LogP contribution in [0, 0.1) is 5.82 Å². The van der Waals surface area contributed by atoms with Crippen LogP contribution in [0.25, 0.3) is 0 Å². The van der Waals surface area contributed by atoms with Crippen molar-refractivity contribution in [2.45, 2.75) is 44.6 Å². The highest BCUT2D eigenvalue weighted by molar-refractivity contribution is 5.93. The van der Waals surface area contributed by atoms with Gasteiger partial charge in [0.25, 0.3) is 0 Å². The molecule has 5 heteroatoms. The van der Waals surface area contributed by atoms with Gasteiger partial charge in [0.2, 0.25) is 5.91 Å². The van der Waals surface area contributed by atoms with E-state index < -0.39 is 0 Å². The van der Waals surface area contributed by atoms with Crippen LogP contribution >= 0.6 is 0 Å². The van der Waals surface area contributed by atoms with Gasteiger partial charge in [0, 0.05) is 56.6 Å². The first kappa shape index (κ1) is 18.5. The molecule has 0 bridgehead atoms.